The van der Waals surface area contributed by atoms with Crippen molar-refractivity contribution in [1.29, 1.82) is 0 Å². The van der Waals surface area contributed by atoms with Crippen molar-refractivity contribution in [2.45, 2.75) is 32.1 Å². The lowest BCUT2D eigenvalue weighted by atomic mass is 9.82. The van der Waals surface area contributed by atoms with Crippen molar-refractivity contribution in [2.75, 3.05) is 19.6 Å². The van der Waals surface area contributed by atoms with Crippen molar-refractivity contribution in [1.82, 2.24) is 10.2 Å². The lowest BCUT2D eigenvalue weighted by Crippen LogP contribution is -2.45. The summed E-state index contributed by atoms with van der Waals surface area (Å²) in [7, 11) is 0. The number of carbonyl (C=O) groups is 3. The van der Waals surface area contributed by atoms with Crippen molar-refractivity contribution in [2.24, 2.45) is 11.8 Å². The second-order valence-electron chi connectivity index (χ2n) is 5.65. The molecule has 2 N–H and O–H groups in total. The zero-order valence-corrected chi connectivity index (χ0v) is 12.1. The lowest BCUT2D eigenvalue weighted by Gasteiger charge is -2.28. The molecule has 2 amide bonds. The van der Waals surface area contributed by atoms with Gasteiger partial charge < -0.3 is 15.3 Å². The first-order valence-corrected chi connectivity index (χ1v) is 7.53. The Labute approximate surface area is 124 Å². The summed E-state index contributed by atoms with van der Waals surface area (Å²) in [4.78, 5) is 37.0. The zero-order valence-electron chi connectivity index (χ0n) is 12.1. The van der Waals surface area contributed by atoms with Crippen LogP contribution in [-0.4, -0.2) is 47.4 Å². The molecule has 116 valence electrons. The largest absolute Gasteiger partial charge is 0.481 e. The van der Waals surface area contributed by atoms with Gasteiger partial charge in [-0.2, -0.15) is 0 Å². The van der Waals surface area contributed by atoms with Crippen LogP contribution in [0.25, 0.3) is 0 Å². The summed E-state index contributed by atoms with van der Waals surface area (Å²) in [5.74, 6) is -2.65. The highest BCUT2D eigenvalue weighted by Crippen LogP contribution is 2.25. The van der Waals surface area contributed by atoms with Crippen LogP contribution in [0.4, 0.5) is 0 Å². The molecule has 2 rings (SSSR count). The molecule has 1 saturated heterocycles. The van der Waals surface area contributed by atoms with Crippen molar-refractivity contribution >= 4 is 17.8 Å². The third-order valence-electron chi connectivity index (χ3n) is 4.21. The summed E-state index contributed by atoms with van der Waals surface area (Å²) in [6.07, 6.45) is 7.57. The number of nitrogens with one attached hydrogen (secondary N) is 1. The minimum atomic E-state index is -0.957. The fraction of sp³-hybridized carbons (Fsp3) is 0.667. The molecule has 0 spiro atoms. The first-order valence-electron chi connectivity index (χ1n) is 7.53. The minimum Gasteiger partial charge on any atom is -0.481 e. The van der Waals surface area contributed by atoms with Gasteiger partial charge in [0.1, 0.15) is 0 Å². The predicted molar refractivity (Wildman–Crippen MR) is 76.4 cm³/mol. The van der Waals surface area contributed by atoms with Crippen LogP contribution < -0.4 is 5.32 Å². The second kappa shape index (κ2) is 7.24. The van der Waals surface area contributed by atoms with Crippen LogP contribution in [0, 0.1) is 11.8 Å². The van der Waals surface area contributed by atoms with Gasteiger partial charge in [0.15, 0.2) is 0 Å². The van der Waals surface area contributed by atoms with E-state index in [0.717, 1.165) is 32.4 Å². The van der Waals surface area contributed by atoms with E-state index in [-0.39, 0.29) is 18.4 Å². The van der Waals surface area contributed by atoms with E-state index in [0.29, 0.717) is 12.8 Å². The first kappa shape index (κ1) is 15.5. The average molecular weight is 294 g/mol. The van der Waals surface area contributed by atoms with E-state index in [1.54, 1.807) is 11.0 Å². The van der Waals surface area contributed by atoms with Crippen LogP contribution in [0.15, 0.2) is 12.2 Å². The number of carbonyl (C=O) groups excluding carboxylic acids is 2. The number of carboxylic acids is 1. The maximum atomic E-state index is 12.1. The molecule has 1 heterocycles. The van der Waals surface area contributed by atoms with Gasteiger partial charge in [-0.3, -0.25) is 14.4 Å². The van der Waals surface area contributed by atoms with Gasteiger partial charge >= 0.3 is 5.97 Å². The molecule has 6 heteroatoms. The average Bonchev–Trinajstić information content (AvgIpc) is 2.53. The normalized spacial score (nSPS) is 25.4. The zero-order chi connectivity index (χ0) is 15.2. The summed E-state index contributed by atoms with van der Waals surface area (Å²) in [5.41, 5.74) is 0. The number of likely N-dealkylation sites (tertiary alicyclic amines) is 1. The van der Waals surface area contributed by atoms with Gasteiger partial charge in [0.25, 0.3) is 0 Å². The fourth-order valence-electron chi connectivity index (χ4n) is 2.93. The summed E-state index contributed by atoms with van der Waals surface area (Å²) in [6, 6.07) is 0. The van der Waals surface area contributed by atoms with Crippen LogP contribution in [-0.2, 0) is 14.4 Å². The van der Waals surface area contributed by atoms with Crippen molar-refractivity contribution < 1.29 is 19.5 Å². The van der Waals surface area contributed by atoms with Crippen LogP contribution >= 0.6 is 0 Å². The summed E-state index contributed by atoms with van der Waals surface area (Å²) in [5, 5.41) is 11.8. The van der Waals surface area contributed by atoms with Crippen molar-refractivity contribution in [3.05, 3.63) is 12.2 Å². The number of nitrogens with zero attached hydrogens (tertiary/aromatic N) is 1. The van der Waals surface area contributed by atoms with E-state index in [4.69, 9.17) is 5.11 Å². The Morgan fingerprint density at radius 3 is 2.29 bits per heavy atom. The highest BCUT2D eigenvalue weighted by atomic mass is 16.4. The molecule has 0 aromatic rings. The molecule has 0 radical (unpaired) electrons. The van der Waals surface area contributed by atoms with Gasteiger partial charge in [0.2, 0.25) is 11.8 Å². The quantitative estimate of drug-likeness (QED) is 0.750. The molecule has 1 aliphatic heterocycles. The molecule has 21 heavy (non-hydrogen) atoms. The smallest absolute Gasteiger partial charge is 0.307 e. The molecular weight excluding hydrogens is 272 g/mol. The Morgan fingerprint density at radius 1 is 1.05 bits per heavy atom. The van der Waals surface area contributed by atoms with Gasteiger partial charge in [0, 0.05) is 13.1 Å². The molecule has 2 aliphatic rings. The van der Waals surface area contributed by atoms with Crippen LogP contribution in [0.2, 0.25) is 0 Å². The van der Waals surface area contributed by atoms with Gasteiger partial charge in [-0.05, 0) is 32.1 Å². The summed E-state index contributed by atoms with van der Waals surface area (Å²) in [6.45, 7) is 1.46. The molecular formula is C15H22N2O4. The lowest BCUT2D eigenvalue weighted by molar-refractivity contribution is -0.147. The number of hydrogen-bond donors (Lipinski definition) is 2. The van der Waals surface area contributed by atoms with Gasteiger partial charge in [-0.1, -0.05) is 12.2 Å². The Kier molecular flexibility index (Phi) is 5.36. The van der Waals surface area contributed by atoms with Crippen molar-refractivity contribution in [3.63, 3.8) is 0 Å². The molecule has 0 saturated carbocycles. The number of amides is 2. The highest BCUT2D eigenvalue weighted by Gasteiger charge is 2.34. The number of aliphatic carboxylic acids is 1. The number of rotatable bonds is 4. The number of allylic oxidation sites excluding steroid dienone is 2. The SMILES string of the molecule is O=C(O)C1CC=CCC1C(=O)NCC(=O)N1CCCCC1. The molecule has 0 bridgehead atoms. The van der Waals surface area contributed by atoms with E-state index < -0.39 is 17.8 Å². The molecule has 2 atom stereocenters. The first-order chi connectivity index (χ1) is 10.1. The Balaban J connectivity index is 1.84. The van der Waals surface area contributed by atoms with E-state index in [1.165, 1.54) is 0 Å². The van der Waals surface area contributed by atoms with Gasteiger partial charge in [-0.25, -0.2) is 0 Å². The predicted octanol–water partition coefficient (Wildman–Crippen LogP) is 0.782. The Hall–Kier alpha value is -1.85. The summed E-state index contributed by atoms with van der Waals surface area (Å²) < 4.78 is 0. The number of piperidine rings is 1. The maximum Gasteiger partial charge on any atom is 0.307 e. The topological polar surface area (TPSA) is 86.7 Å². The Bertz CT molecular complexity index is 441. The van der Waals surface area contributed by atoms with Gasteiger partial charge in [-0.15, -0.1) is 0 Å². The fourth-order valence-corrected chi connectivity index (χ4v) is 2.93. The summed E-state index contributed by atoms with van der Waals surface area (Å²) >= 11 is 0. The van der Waals surface area contributed by atoms with E-state index in [1.807, 2.05) is 6.08 Å². The standard InChI is InChI=1S/C15H22N2O4/c18-13(17-8-4-1-5-9-17)10-16-14(19)11-6-2-3-7-12(11)15(20)21/h2-3,11-12H,1,4-10H2,(H,16,19)(H,20,21). The molecule has 1 fully saturated rings. The maximum absolute atomic E-state index is 12.1. The van der Waals surface area contributed by atoms with Crippen LogP contribution in [0.3, 0.4) is 0 Å². The third kappa shape index (κ3) is 4.06. The second-order valence-corrected chi connectivity index (χ2v) is 5.65. The van der Waals surface area contributed by atoms with Crippen LogP contribution in [0.1, 0.15) is 32.1 Å². The van der Waals surface area contributed by atoms with Crippen molar-refractivity contribution in [3.8, 4) is 0 Å². The van der Waals surface area contributed by atoms with Crippen LogP contribution in [0.5, 0.6) is 0 Å². The van der Waals surface area contributed by atoms with E-state index in [2.05, 4.69) is 5.32 Å². The highest BCUT2D eigenvalue weighted by molar-refractivity contribution is 5.88. The van der Waals surface area contributed by atoms with Gasteiger partial charge in [0.05, 0.1) is 18.4 Å². The van der Waals surface area contributed by atoms with E-state index >= 15 is 0 Å². The minimum absolute atomic E-state index is 0.0363. The molecule has 0 aromatic heterocycles. The number of carboxylic acid groups (broad SMARTS) is 1. The monoisotopic (exact) mass is 294 g/mol. The Morgan fingerprint density at radius 2 is 1.67 bits per heavy atom. The number of hydrogen-bond acceptors (Lipinski definition) is 3. The molecule has 1 aliphatic carbocycles. The third-order valence-corrected chi connectivity index (χ3v) is 4.21. The molecule has 6 nitrogen and oxygen atoms in total. The molecule has 2 unspecified atom stereocenters. The van der Waals surface area contributed by atoms with E-state index in [9.17, 15) is 14.4 Å². The molecule has 0 aromatic carbocycles.